The van der Waals surface area contributed by atoms with Crippen molar-refractivity contribution in [2.75, 3.05) is 20.1 Å². The van der Waals surface area contributed by atoms with Crippen LogP contribution in [-0.2, 0) is 6.42 Å². The summed E-state index contributed by atoms with van der Waals surface area (Å²) in [5.74, 6) is 0. The standard InChI is InChI=1S/C14H18FNO/c1-16-8-6-14(15,7-9-16)10-12-4-2-3-5-13(12)11-17/h2-5,11H,6-10H2,1H3. The van der Waals surface area contributed by atoms with E-state index in [-0.39, 0.29) is 0 Å². The van der Waals surface area contributed by atoms with E-state index in [9.17, 15) is 9.18 Å². The summed E-state index contributed by atoms with van der Waals surface area (Å²) in [5, 5.41) is 0. The fourth-order valence-corrected chi connectivity index (χ4v) is 2.35. The van der Waals surface area contributed by atoms with E-state index >= 15 is 0 Å². The van der Waals surface area contributed by atoms with Gasteiger partial charge in [0, 0.05) is 25.1 Å². The lowest BCUT2D eigenvalue weighted by Crippen LogP contribution is -2.41. The summed E-state index contributed by atoms with van der Waals surface area (Å²) in [6.07, 6.45) is 2.27. The Bertz CT molecular complexity index is 397. The van der Waals surface area contributed by atoms with Gasteiger partial charge in [-0.05, 0) is 25.5 Å². The molecule has 1 aliphatic rings. The average Bonchev–Trinajstić information content (AvgIpc) is 2.34. The third-order valence-electron chi connectivity index (χ3n) is 3.57. The Morgan fingerprint density at radius 1 is 1.35 bits per heavy atom. The van der Waals surface area contributed by atoms with Gasteiger partial charge in [0.25, 0.3) is 0 Å². The number of hydrogen-bond donors (Lipinski definition) is 0. The first-order valence-corrected chi connectivity index (χ1v) is 6.03. The van der Waals surface area contributed by atoms with Crippen molar-refractivity contribution in [2.45, 2.75) is 24.9 Å². The average molecular weight is 235 g/mol. The number of hydrogen-bond acceptors (Lipinski definition) is 2. The molecule has 3 heteroatoms. The molecular weight excluding hydrogens is 217 g/mol. The monoisotopic (exact) mass is 235 g/mol. The zero-order valence-electron chi connectivity index (χ0n) is 10.2. The van der Waals surface area contributed by atoms with Crippen molar-refractivity contribution < 1.29 is 9.18 Å². The van der Waals surface area contributed by atoms with Gasteiger partial charge in [0.15, 0.2) is 0 Å². The lowest BCUT2D eigenvalue weighted by atomic mass is 9.86. The summed E-state index contributed by atoms with van der Waals surface area (Å²) >= 11 is 0. The minimum atomic E-state index is -1.15. The minimum absolute atomic E-state index is 0.357. The lowest BCUT2D eigenvalue weighted by molar-refractivity contribution is 0.0696. The molecule has 0 bridgehead atoms. The van der Waals surface area contributed by atoms with Crippen LogP contribution in [0.15, 0.2) is 24.3 Å². The normalized spacial score (nSPS) is 20.1. The zero-order valence-corrected chi connectivity index (χ0v) is 10.2. The van der Waals surface area contributed by atoms with Crippen LogP contribution in [0.4, 0.5) is 4.39 Å². The molecule has 0 atom stereocenters. The highest BCUT2D eigenvalue weighted by atomic mass is 19.1. The molecule has 0 aromatic heterocycles. The highest BCUT2D eigenvalue weighted by Gasteiger charge is 2.34. The number of benzene rings is 1. The highest BCUT2D eigenvalue weighted by Crippen LogP contribution is 2.30. The van der Waals surface area contributed by atoms with Crippen LogP contribution in [0.1, 0.15) is 28.8 Å². The lowest BCUT2D eigenvalue weighted by Gasteiger charge is -2.34. The van der Waals surface area contributed by atoms with Crippen molar-refractivity contribution in [1.29, 1.82) is 0 Å². The zero-order chi connectivity index (χ0) is 12.3. The molecule has 0 unspecified atom stereocenters. The Morgan fingerprint density at radius 3 is 2.65 bits per heavy atom. The first kappa shape index (κ1) is 12.2. The molecule has 0 saturated carbocycles. The van der Waals surface area contributed by atoms with Crippen molar-refractivity contribution in [1.82, 2.24) is 4.90 Å². The largest absolute Gasteiger partial charge is 0.306 e. The van der Waals surface area contributed by atoms with Crippen LogP contribution in [0.2, 0.25) is 0 Å². The SMILES string of the molecule is CN1CCC(F)(Cc2ccccc2C=O)CC1. The second kappa shape index (κ2) is 4.96. The molecule has 1 aliphatic heterocycles. The first-order valence-electron chi connectivity index (χ1n) is 6.03. The number of carbonyl (C=O) groups is 1. The summed E-state index contributed by atoms with van der Waals surface area (Å²) < 4.78 is 14.6. The van der Waals surface area contributed by atoms with Crippen molar-refractivity contribution in [2.24, 2.45) is 0 Å². The third kappa shape index (κ3) is 2.91. The molecule has 0 radical (unpaired) electrons. The van der Waals surface area contributed by atoms with Gasteiger partial charge >= 0.3 is 0 Å². The van der Waals surface area contributed by atoms with Crippen molar-refractivity contribution >= 4 is 6.29 Å². The van der Waals surface area contributed by atoms with Gasteiger partial charge in [0.1, 0.15) is 12.0 Å². The number of carbonyl (C=O) groups excluding carboxylic acids is 1. The molecule has 17 heavy (non-hydrogen) atoms. The van der Waals surface area contributed by atoms with E-state index < -0.39 is 5.67 Å². The molecule has 1 aromatic carbocycles. The fraction of sp³-hybridized carbons (Fsp3) is 0.500. The van der Waals surface area contributed by atoms with Gasteiger partial charge < -0.3 is 4.90 Å². The number of likely N-dealkylation sites (tertiary alicyclic amines) is 1. The summed E-state index contributed by atoms with van der Waals surface area (Å²) in [4.78, 5) is 13.0. The van der Waals surface area contributed by atoms with Gasteiger partial charge in [-0.1, -0.05) is 24.3 Å². The summed E-state index contributed by atoms with van der Waals surface area (Å²) in [6, 6.07) is 7.28. The molecule has 0 aliphatic carbocycles. The molecule has 2 nitrogen and oxygen atoms in total. The van der Waals surface area contributed by atoms with Crippen LogP contribution in [0, 0.1) is 0 Å². The molecule has 1 fully saturated rings. The van der Waals surface area contributed by atoms with Crippen LogP contribution in [0.3, 0.4) is 0 Å². The Balaban J connectivity index is 2.12. The maximum absolute atomic E-state index is 14.6. The highest BCUT2D eigenvalue weighted by molar-refractivity contribution is 5.77. The van der Waals surface area contributed by atoms with Gasteiger partial charge in [-0.2, -0.15) is 0 Å². The van der Waals surface area contributed by atoms with E-state index in [0.717, 1.165) is 24.9 Å². The number of aldehydes is 1. The van der Waals surface area contributed by atoms with Crippen LogP contribution in [0.25, 0.3) is 0 Å². The second-order valence-electron chi connectivity index (χ2n) is 4.95. The summed E-state index contributed by atoms with van der Waals surface area (Å²) in [5.41, 5.74) is 0.295. The van der Waals surface area contributed by atoms with Crippen LogP contribution in [0.5, 0.6) is 0 Å². The van der Waals surface area contributed by atoms with Crippen LogP contribution in [-0.4, -0.2) is 37.0 Å². The number of nitrogens with zero attached hydrogens (tertiary/aromatic N) is 1. The molecule has 1 heterocycles. The van der Waals surface area contributed by atoms with Crippen molar-refractivity contribution in [3.63, 3.8) is 0 Å². The Hall–Kier alpha value is -1.22. The molecular formula is C14H18FNO. The Morgan fingerprint density at radius 2 is 2.00 bits per heavy atom. The molecule has 1 saturated heterocycles. The molecule has 0 spiro atoms. The van der Waals surface area contributed by atoms with Crippen molar-refractivity contribution in [3.8, 4) is 0 Å². The molecule has 92 valence electrons. The van der Waals surface area contributed by atoms with E-state index in [2.05, 4.69) is 4.90 Å². The van der Waals surface area contributed by atoms with E-state index in [1.54, 1.807) is 6.07 Å². The van der Waals surface area contributed by atoms with Crippen LogP contribution >= 0.6 is 0 Å². The molecule has 0 N–H and O–H groups in total. The predicted molar refractivity (Wildman–Crippen MR) is 66.1 cm³/mol. The Kier molecular flexibility index (Phi) is 3.57. The molecule has 2 rings (SSSR count). The maximum atomic E-state index is 14.6. The van der Waals surface area contributed by atoms with Gasteiger partial charge in [-0.3, -0.25) is 4.79 Å². The minimum Gasteiger partial charge on any atom is -0.306 e. The third-order valence-corrected chi connectivity index (χ3v) is 3.57. The van der Waals surface area contributed by atoms with E-state index in [1.807, 2.05) is 25.2 Å². The summed E-state index contributed by atoms with van der Waals surface area (Å²) in [6.45, 7) is 1.58. The quantitative estimate of drug-likeness (QED) is 0.750. The van der Waals surface area contributed by atoms with Gasteiger partial charge in [-0.25, -0.2) is 4.39 Å². The fourth-order valence-electron chi connectivity index (χ4n) is 2.35. The van der Waals surface area contributed by atoms with Gasteiger partial charge in [0.2, 0.25) is 0 Å². The topological polar surface area (TPSA) is 20.3 Å². The summed E-state index contributed by atoms with van der Waals surface area (Å²) in [7, 11) is 2.01. The first-order chi connectivity index (χ1) is 8.13. The van der Waals surface area contributed by atoms with E-state index in [4.69, 9.17) is 0 Å². The van der Waals surface area contributed by atoms with E-state index in [1.165, 1.54) is 0 Å². The van der Waals surface area contributed by atoms with E-state index in [0.29, 0.717) is 24.8 Å². The van der Waals surface area contributed by atoms with Crippen molar-refractivity contribution in [3.05, 3.63) is 35.4 Å². The number of rotatable bonds is 3. The number of halogens is 1. The van der Waals surface area contributed by atoms with Gasteiger partial charge in [-0.15, -0.1) is 0 Å². The smallest absolute Gasteiger partial charge is 0.150 e. The molecule has 1 aromatic rings. The Labute approximate surface area is 101 Å². The number of alkyl halides is 1. The maximum Gasteiger partial charge on any atom is 0.150 e. The predicted octanol–water partition coefficient (Wildman–Crippen LogP) is 2.48. The molecule has 0 amide bonds. The van der Waals surface area contributed by atoms with Gasteiger partial charge in [0.05, 0.1) is 0 Å². The second-order valence-corrected chi connectivity index (χ2v) is 4.95. The number of piperidine rings is 1. The van der Waals surface area contributed by atoms with Crippen LogP contribution < -0.4 is 0 Å².